The van der Waals surface area contributed by atoms with Gasteiger partial charge >= 0.3 is 0 Å². The summed E-state index contributed by atoms with van der Waals surface area (Å²) in [5.41, 5.74) is 1.94. The van der Waals surface area contributed by atoms with Crippen LogP contribution in [0, 0.1) is 5.82 Å². The molecule has 1 N–H and O–H groups in total. The number of hydrogen-bond acceptors (Lipinski definition) is 3. The average molecular weight is 275 g/mol. The minimum Gasteiger partial charge on any atom is -0.305 e. The summed E-state index contributed by atoms with van der Waals surface area (Å²) in [7, 11) is 0. The molecule has 1 atom stereocenters. The van der Waals surface area contributed by atoms with Crippen molar-refractivity contribution >= 4 is 16.3 Å². The topological polar surface area (TPSA) is 29.3 Å². The monoisotopic (exact) mass is 275 g/mol. The predicted molar refractivity (Wildman–Crippen MR) is 74.7 cm³/mol. The van der Waals surface area contributed by atoms with Crippen molar-refractivity contribution in [3.63, 3.8) is 0 Å². The minimum absolute atomic E-state index is 0.0930. The smallest absolute Gasteiger partial charge is 0.193 e. The van der Waals surface area contributed by atoms with Crippen LogP contribution in [0.25, 0.3) is 4.96 Å². The summed E-state index contributed by atoms with van der Waals surface area (Å²) >= 11 is 1.62. The predicted octanol–water partition coefficient (Wildman–Crippen LogP) is 3.39. The van der Waals surface area contributed by atoms with Gasteiger partial charge in [-0.25, -0.2) is 9.37 Å². The number of thiazole rings is 1. The van der Waals surface area contributed by atoms with Crippen LogP contribution in [0.4, 0.5) is 4.39 Å². The summed E-state index contributed by atoms with van der Waals surface area (Å²) in [4.78, 5) is 5.50. The maximum absolute atomic E-state index is 13.1. The number of fused-ring (bicyclic) bond motifs is 1. The molecular formula is C14H14FN3S. The minimum atomic E-state index is -0.200. The average Bonchev–Trinajstić information content (AvgIpc) is 2.96. The van der Waals surface area contributed by atoms with Crippen LogP contribution >= 0.6 is 11.3 Å². The molecule has 0 amide bonds. The lowest BCUT2D eigenvalue weighted by atomic mass is 10.1. The van der Waals surface area contributed by atoms with Crippen LogP contribution in [0.5, 0.6) is 0 Å². The molecule has 0 fully saturated rings. The molecule has 3 nitrogen and oxygen atoms in total. The Morgan fingerprint density at radius 3 is 3.16 bits per heavy atom. The van der Waals surface area contributed by atoms with Gasteiger partial charge < -0.3 is 5.32 Å². The lowest BCUT2D eigenvalue weighted by molar-refractivity contribution is 0.560. The molecule has 0 bridgehead atoms. The second-order valence-electron chi connectivity index (χ2n) is 4.48. The zero-order chi connectivity index (χ0) is 13.2. The second kappa shape index (κ2) is 5.11. The number of imidazole rings is 1. The van der Waals surface area contributed by atoms with Crippen molar-refractivity contribution in [3.05, 3.63) is 59.1 Å². The van der Waals surface area contributed by atoms with Gasteiger partial charge in [-0.3, -0.25) is 4.40 Å². The molecule has 2 heterocycles. The van der Waals surface area contributed by atoms with Gasteiger partial charge in [-0.15, -0.1) is 11.3 Å². The molecule has 2 aromatic heterocycles. The Hall–Kier alpha value is -1.72. The van der Waals surface area contributed by atoms with Gasteiger partial charge in [0, 0.05) is 30.4 Å². The third-order valence-electron chi connectivity index (χ3n) is 3.08. The van der Waals surface area contributed by atoms with Gasteiger partial charge in [0.25, 0.3) is 0 Å². The van der Waals surface area contributed by atoms with Crippen molar-refractivity contribution in [2.24, 2.45) is 0 Å². The molecule has 98 valence electrons. The first-order valence-electron chi connectivity index (χ1n) is 6.12. The Kier molecular flexibility index (Phi) is 3.31. The molecule has 1 aromatic carbocycles. The fraction of sp³-hybridized carbons (Fsp3) is 0.214. The summed E-state index contributed by atoms with van der Waals surface area (Å²) in [6.45, 7) is 2.69. The molecule has 19 heavy (non-hydrogen) atoms. The van der Waals surface area contributed by atoms with E-state index in [-0.39, 0.29) is 11.9 Å². The number of aromatic nitrogens is 2. The van der Waals surface area contributed by atoms with Crippen LogP contribution in [0.15, 0.2) is 42.0 Å². The van der Waals surface area contributed by atoms with Crippen molar-refractivity contribution in [1.29, 1.82) is 0 Å². The molecule has 0 saturated heterocycles. The Balaban J connectivity index is 1.67. The van der Waals surface area contributed by atoms with Crippen LogP contribution in [-0.4, -0.2) is 9.38 Å². The van der Waals surface area contributed by atoms with Gasteiger partial charge in [-0.1, -0.05) is 12.1 Å². The Labute approximate surface area is 114 Å². The molecular weight excluding hydrogens is 261 g/mol. The molecule has 0 radical (unpaired) electrons. The summed E-state index contributed by atoms with van der Waals surface area (Å²) in [6, 6.07) is 6.76. The zero-order valence-corrected chi connectivity index (χ0v) is 11.3. The number of rotatable bonds is 4. The maximum Gasteiger partial charge on any atom is 0.193 e. The molecule has 0 aliphatic heterocycles. The van der Waals surface area contributed by atoms with E-state index in [0.29, 0.717) is 6.54 Å². The summed E-state index contributed by atoms with van der Waals surface area (Å²) in [5, 5.41) is 5.36. The van der Waals surface area contributed by atoms with Crippen molar-refractivity contribution in [2.45, 2.75) is 19.5 Å². The molecule has 0 saturated carbocycles. The van der Waals surface area contributed by atoms with E-state index in [4.69, 9.17) is 0 Å². The highest BCUT2D eigenvalue weighted by atomic mass is 32.1. The fourth-order valence-electron chi connectivity index (χ4n) is 2.01. The van der Waals surface area contributed by atoms with E-state index in [1.807, 2.05) is 35.2 Å². The molecule has 0 unspecified atom stereocenters. The van der Waals surface area contributed by atoms with Gasteiger partial charge in [0.2, 0.25) is 0 Å². The number of nitrogens with one attached hydrogen (secondary N) is 1. The summed E-state index contributed by atoms with van der Waals surface area (Å²) in [5.74, 6) is -0.200. The summed E-state index contributed by atoms with van der Waals surface area (Å²) in [6.07, 6.45) is 4.00. The van der Waals surface area contributed by atoms with Crippen LogP contribution in [0.1, 0.15) is 24.2 Å². The van der Waals surface area contributed by atoms with E-state index in [2.05, 4.69) is 10.3 Å². The van der Waals surface area contributed by atoms with Crippen LogP contribution in [0.2, 0.25) is 0 Å². The van der Waals surface area contributed by atoms with E-state index >= 15 is 0 Å². The van der Waals surface area contributed by atoms with Crippen molar-refractivity contribution in [3.8, 4) is 0 Å². The second-order valence-corrected chi connectivity index (χ2v) is 5.36. The summed E-state index contributed by atoms with van der Waals surface area (Å²) < 4.78 is 15.2. The number of benzene rings is 1. The molecule has 3 rings (SSSR count). The maximum atomic E-state index is 13.1. The van der Waals surface area contributed by atoms with Crippen LogP contribution < -0.4 is 5.32 Å². The third kappa shape index (κ3) is 2.67. The SMILES string of the molecule is C[C@H](NCc1cn2ccsc2n1)c1cccc(F)c1. The quantitative estimate of drug-likeness (QED) is 0.791. The standard InChI is InChI=1S/C14H14FN3S/c1-10(11-3-2-4-12(15)7-11)16-8-13-9-18-5-6-19-14(18)17-13/h2-7,9-10,16H,8H2,1H3/t10-/m0/s1. The Morgan fingerprint density at radius 1 is 1.47 bits per heavy atom. The highest BCUT2D eigenvalue weighted by Crippen LogP contribution is 2.15. The zero-order valence-electron chi connectivity index (χ0n) is 10.5. The van der Waals surface area contributed by atoms with E-state index in [1.165, 1.54) is 6.07 Å². The first kappa shape index (κ1) is 12.3. The lowest BCUT2D eigenvalue weighted by Gasteiger charge is -2.13. The molecule has 0 spiro atoms. The van der Waals surface area contributed by atoms with Crippen LogP contribution in [0.3, 0.4) is 0 Å². The van der Waals surface area contributed by atoms with E-state index in [1.54, 1.807) is 23.5 Å². The number of hydrogen-bond donors (Lipinski definition) is 1. The van der Waals surface area contributed by atoms with Gasteiger partial charge in [0.15, 0.2) is 4.96 Å². The molecule has 3 aromatic rings. The van der Waals surface area contributed by atoms with Gasteiger partial charge in [-0.05, 0) is 24.6 Å². The van der Waals surface area contributed by atoms with Crippen molar-refractivity contribution in [2.75, 3.05) is 0 Å². The number of halogens is 1. The first-order valence-corrected chi connectivity index (χ1v) is 7.00. The fourth-order valence-corrected chi connectivity index (χ4v) is 2.73. The largest absolute Gasteiger partial charge is 0.305 e. The van der Waals surface area contributed by atoms with Gasteiger partial charge in [0.1, 0.15) is 5.82 Å². The highest BCUT2D eigenvalue weighted by Gasteiger charge is 2.07. The highest BCUT2D eigenvalue weighted by molar-refractivity contribution is 7.15. The number of nitrogens with zero attached hydrogens (tertiary/aromatic N) is 2. The van der Waals surface area contributed by atoms with Crippen LogP contribution in [-0.2, 0) is 6.54 Å². The van der Waals surface area contributed by atoms with Gasteiger partial charge in [-0.2, -0.15) is 0 Å². The Bertz CT molecular complexity index is 660. The van der Waals surface area contributed by atoms with E-state index in [9.17, 15) is 4.39 Å². The lowest BCUT2D eigenvalue weighted by Crippen LogP contribution is -2.18. The first-order chi connectivity index (χ1) is 9.22. The van der Waals surface area contributed by atoms with Crippen molar-refractivity contribution in [1.82, 2.24) is 14.7 Å². The molecule has 0 aliphatic rings. The van der Waals surface area contributed by atoms with E-state index < -0.39 is 0 Å². The Morgan fingerprint density at radius 2 is 2.37 bits per heavy atom. The van der Waals surface area contributed by atoms with E-state index in [0.717, 1.165) is 16.2 Å². The molecule has 0 aliphatic carbocycles. The normalized spacial score (nSPS) is 12.9. The van der Waals surface area contributed by atoms with Gasteiger partial charge in [0.05, 0.1) is 5.69 Å². The third-order valence-corrected chi connectivity index (χ3v) is 3.85. The molecule has 5 heteroatoms. The van der Waals surface area contributed by atoms with Crippen molar-refractivity contribution < 1.29 is 4.39 Å².